The van der Waals surface area contributed by atoms with E-state index in [-0.39, 0.29) is 18.1 Å². The number of hydrogen-bond donors (Lipinski definition) is 2. The third-order valence-electron chi connectivity index (χ3n) is 2.95. The van der Waals surface area contributed by atoms with Crippen LogP contribution in [0.4, 0.5) is 0 Å². The molecule has 2 N–H and O–H groups in total. The predicted molar refractivity (Wildman–Crippen MR) is 58.9 cm³/mol. The van der Waals surface area contributed by atoms with E-state index in [1.807, 2.05) is 13.8 Å². The average molecular weight is 228 g/mol. The van der Waals surface area contributed by atoms with Crippen molar-refractivity contribution in [2.75, 3.05) is 19.7 Å². The molecule has 2 rings (SSSR count). The van der Waals surface area contributed by atoms with Crippen LogP contribution in [-0.4, -0.2) is 43.5 Å². The maximum absolute atomic E-state index is 11.7. The fourth-order valence-electron chi connectivity index (χ4n) is 2.11. The summed E-state index contributed by atoms with van der Waals surface area (Å²) in [6.07, 6.45) is 1.98. The fourth-order valence-corrected chi connectivity index (χ4v) is 2.11. The van der Waals surface area contributed by atoms with Crippen LogP contribution in [0.5, 0.6) is 0 Å². The molecule has 2 unspecified atom stereocenters. The maximum Gasteiger partial charge on any atom is 0.237 e. The molecule has 1 amide bonds. The van der Waals surface area contributed by atoms with E-state index in [0.717, 1.165) is 19.4 Å². The van der Waals surface area contributed by atoms with Crippen molar-refractivity contribution in [2.45, 2.75) is 44.6 Å². The van der Waals surface area contributed by atoms with Gasteiger partial charge in [-0.05, 0) is 33.2 Å². The zero-order chi connectivity index (χ0) is 11.6. The molecule has 2 fully saturated rings. The molecule has 0 aromatic heterocycles. The Hall–Kier alpha value is -0.650. The van der Waals surface area contributed by atoms with E-state index in [2.05, 4.69) is 10.6 Å². The van der Waals surface area contributed by atoms with Gasteiger partial charge in [0.2, 0.25) is 5.91 Å². The number of nitrogens with one attached hydrogen (secondary N) is 2. The van der Waals surface area contributed by atoms with Crippen molar-refractivity contribution in [1.82, 2.24) is 10.6 Å². The van der Waals surface area contributed by atoms with Gasteiger partial charge in [-0.15, -0.1) is 0 Å². The molecule has 0 spiro atoms. The first-order valence-electron chi connectivity index (χ1n) is 5.90. The van der Waals surface area contributed by atoms with Gasteiger partial charge < -0.3 is 20.1 Å². The van der Waals surface area contributed by atoms with Crippen molar-refractivity contribution >= 4 is 5.91 Å². The number of rotatable bonds is 3. The Bertz CT molecular complexity index is 262. The molecule has 2 atom stereocenters. The third kappa shape index (κ3) is 2.93. The summed E-state index contributed by atoms with van der Waals surface area (Å²) in [4.78, 5) is 11.7. The molecular weight excluding hydrogens is 208 g/mol. The fraction of sp³-hybridized carbons (Fsp3) is 0.909. The van der Waals surface area contributed by atoms with Crippen LogP contribution in [0.3, 0.4) is 0 Å². The van der Waals surface area contributed by atoms with Gasteiger partial charge >= 0.3 is 0 Å². The van der Waals surface area contributed by atoms with Crippen molar-refractivity contribution in [1.29, 1.82) is 0 Å². The summed E-state index contributed by atoms with van der Waals surface area (Å²) in [5.41, 5.74) is 0. The lowest BCUT2D eigenvalue weighted by Gasteiger charge is -2.18. The largest absolute Gasteiger partial charge is 0.352 e. The molecule has 0 radical (unpaired) electrons. The van der Waals surface area contributed by atoms with Crippen molar-refractivity contribution in [3.05, 3.63) is 0 Å². The standard InChI is InChI=1S/C11H20N2O3/c1-11(2)15-7-8(16-11)6-13-10(14)9-4-3-5-12-9/h8-9,12H,3-7H2,1-2H3,(H,13,14). The van der Waals surface area contributed by atoms with E-state index >= 15 is 0 Å². The Kier molecular flexibility index (Phi) is 3.47. The summed E-state index contributed by atoms with van der Waals surface area (Å²) in [5, 5.41) is 6.06. The van der Waals surface area contributed by atoms with E-state index in [1.54, 1.807) is 0 Å². The normalized spacial score (nSPS) is 32.9. The zero-order valence-electron chi connectivity index (χ0n) is 9.91. The number of ether oxygens (including phenoxy) is 2. The van der Waals surface area contributed by atoms with E-state index < -0.39 is 5.79 Å². The SMILES string of the molecule is CC1(C)OCC(CNC(=O)C2CCCN2)O1. The maximum atomic E-state index is 11.7. The summed E-state index contributed by atoms with van der Waals surface area (Å²) in [7, 11) is 0. The van der Waals surface area contributed by atoms with Crippen molar-refractivity contribution in [3.63, 3.8) is 0 Å². The number of hydrogen-bond acceptors (Lipinski definition) is 4. The van der Waals surface area contributed by atoms with Gasteiger partial charge in [0.25, 0.3) is 0 Å². The van der Waals surface area contributed by atoms with Crippen LogP contribution < -0.4 is 10.6 Å². The van der Waals surface area contributed by atoms with E-state index in [9.17, 15) is 4.79 Å². The second-order valence-electron chi connectivity index (χ2n) is 4.84. The molecule has 0 saturated carbocycles. The molecule has 2 saturated heterocycles. The van der Waals surface area contributed by atoms with Crippen molar-refractivity contribution in [3.8, 4) is 0 Å². The van der Waals surface area contributed by atoms with Crippen LogP contribution in [-0.2, 0) is 14.3 Å². The monoisotopic (exact) mass is 228 g/mol. The van der Waals surface area contributed by atoms with Gasteiger partial charge in [-0.3, -0.25) is 4.79 Å². The third-order valence-corrected chi connectivity index (χ3v) is 2.95. The molecule has 5 nitrogen and oxygen atoms in total. The summed E-state index contributed by atoms with van der Waals surface area (Å²) in [6.45, 7) is 5.78. The molecule has 5 heteroatoms. The quantitative estimate of drug-likeness (QED) is 0.714. The van der Waals surface area contributed by atoms with Crippen molar-refractivity contribution in [2.24, 2.45) is 0 Å². The summed E-state index contributed by atoms with van der Waals surface area (Å²) >= 11 is 0. The van der Waals surface area contributed by atoms with Gasteiger partial charge in [0.1, 0.15) is 6.10 Å². The molecule has 2 heterocycles. The number of amides is 1. The first-order chi connectivity index (χ1) is 7.57. The zero-order valence-corrected chi connectivity index (χ0v) is 9.91. The van der Waals surface area contributed by atoms with Crippen LogP contribution in [0.1, 0.15) is 26.7 Å². The van der Waals surface area contributed by atoms with E-state index in [4.69, 9.17) is 9.47 Å². The lowest BCUT2D eigenvalue weighted by atomic mass is 10.2. The van der Waals surface area contributed by atoms with Crippen molar-refractivity contribution < 1.29 is 14.3 Å². The molecule has 0 aliphatic carbocycles. The van der Waals surface area contributed by atoms with E-state index in [1.165, 1.54) is 0 Å². The Morgan fingerprint density at radius 1 is 1.56 bits per heavy atom. The Balaban J connectivity index is 1.69. The lowest BCUT2D eigenvalue weighted by Crippen LogP contribution is -2.43. The van der Waals surface area contributed by atoms with Gasteiger partial charge in [-0.1, -0.05) is 0 Å². The molecule has 0 aromatic carbocycles. The van der Waals surface area contributed by atoms with Gasteiger partial charge in [0, 0.05) is 6.54 Å². The van der Waals surface area contributed by atoms with Crippen LogP contribution in [0.2, 0.25) is 0 Å². The Labute approximate surface area is 95.9 Å². The molecule has 2 aliphatic heterocycles. The summed E-state index contributed by atoms with van der Waals surface area (Å²) < 4.78 is 11.0. The minimum Gasteiger partial charge on any atom is -0.352 e. The number of carbonyl (C=O) groups excluding carboxylic acids is 1. The summed E-state index contributed by atoms with van der Waals surface area (Å²) in [6, 6.07) is -0.0182. The minimum absolute atomic E-state index is 0.0182. The van der Waals surface area contributed by atoms with Gasteiger partial charge in [0.15, 0.2) is 5.79 Å². The lowest BCUT2D eigenvalue weighted by molar-refractivity contribution is -0.139. The molecule has 0 aromatic rings. The van der Waals surface area contributed by atoms with Crippen LogP contribution in [0, 0.1) is 0 Å². The highest BCUT2D eigenvalue weighted by Crippen LogP contribution is 2.21. The summed E-state index contributed by atoms with van der Waals surface area (Å²) in [5.74, 6) is -0.438. The Morgan fingerprint density at radius 2 is 2.38 bits per heavy atom. The molecule has 16 heavy (non-hydrogen) atoms. The van der Waals surface area contributed by atoms with Gasteiger partial charge in [0.05, 0.1) is 12.6 Å². The van der Waals surface area contributed by atoms with Gasteiger partial charge in [-0.25, -0.2) is 0 Å². The molecular formula is C11H20N2O3. The van der Waals surface area contributed by atoms with Gasteiger partial charge in [-0.2, -0.15) is 0 Å². The van der Waals surface area contributed by atoms with E-state index in [0.29, 0.717) is 13.2 Å². The van der Waals surface area contributed by atoms with Crippen LogP contribution >= 0.6 is 0 Å². The molecule has 0 bridgehead atoms. The van der Waals surface area contributed by atoms with Crippen LogP contribution in [0.25, 0.3) is 0 Å². The first kappa shape index (κ1) is 11.8. The average Bonchev–Trinajstić information content (AvgIpc) is 2.83. The second-order valence-corrected chi connectivity index (χ2v) is 4.84. The second kappa shape index (κ2) is 4.69. The molecule has 92 valence electrons. The smallest absolute Gasteiger partial charge is 0.237 e. The molecule has 2 aliphatic rings. The highest BCUT2D eigenvalue weighted by molar-refractivity contribution is 5.82. The topological polar surface area (TPSA) is 59.6 Å². The minimum atomic E-state index is -0.513. The first-order valence-corrected chi connectivity index (χ1v) is 5.90. The van der Waals surface area contributed by atoms with Crippen LogP contribution in [0.15, 0.2) is 0 Å². The highest BCUT2D eigenvalue weighted by atomic mass is 16.7. The Morgan fingerprint density at radius 3 is 2.94 bits per heavy atom. The highest BCUT2D eigenvalue weighted by Gasteiger charge is 2.33. The predicted octanol–water partition coefficient (Wildman–Crippen LogP) is 0.00610. The number of carbonyl (C=O) groups is 1.